The number of aliphatic hydroxyl groups is 1. The van der Waals surface area contributed by atoms with Gasteiger partial charge in [-0.3, -0.25) is 0 Å². The molecule has 114 valence electrons. The number of benzene rings is 1. The average molecular weight is 304 g/mol. The van der Waals surface area contributed by atoms with E-state index in [0.29, 0.717) is 16.6 Å². The van der Waals surface area contributed by atoms with Gasteiger partial charge in [0.05, 0.1) is 24.5 Å². The molecule has 1 aromatic rings. The van der Waals surface area contributed by atoms with E-state index in [-0.39, 0.29) is 19.3 Å². The number of nitrogens with one attached hydrogen (secondary N) is 1. The fourth-order valence-corrected chi connectivity index (χ4v) is 2.09. The minimum Gasteiger partial charge on any atom is -0.389 e. The zero-order chi connectivity index (χ0) is 15.1. The van der Waals surface area contributed by atoms with Crippen molar-refractivity contribution in [2.75, 3.05) is 18.5 Å². The summed E-state index contributed by atoms with van der Waals surface area (Å²) < 4.78 is 19.0. The maximum absolute atomic E-state index is 13.5. The predicted octanol–water partition coefficient (Wildman–Crippen LogP) is 3.70. The minimum atomic E-state index is -0.681. The minimum absolute atomic E-state index is 0.108. The Hall–Kier alpha value is -0.840. The Bertz CT molecular complexity index is 415. The fourth-order valence-electron chi connectivity index (χ4n) is 1.93. The lowest BCUT2D eigenvalue weighted by Gasteiger charge is -2.18. The highest BCUT2D eigenvalue weighted by molar-refractivity contribution is 6.30. The first kappa shape index (κ1) is 17.2. The molecule has 0 amide bonds. The second-order valence-electron chi connectivity index (χ2n) is 5.43. The molecule has 2 atom stereocenters. The van der Waals surface area contributed by atoms with Crippen LogP contribution in [0.2, 0.25) is 5.02 Å². The lowest BCUT2D eigenvalue weighted by Crippen LogP contribution is -2.27. The summed E-state index contributed by atoms with van der Waals surface area (Å²) in [5, 5.41) is 13.0. The largest absolute Gasteiger partial charge is 0.389 e. The second-order valence-corrected chi connectivity index (χ2v) is 5.87. The molecule has 3 nitrogen and oxygen atoms in total. The lowest BCUT2D eigenvalue weighted by molar-refractivity contribution is -0.00445. The van der Waals surface area contributed by atoms with Crippen molar-refractivity contribution in [3.05, 3.63) is 29.0 Å². The summed E-state index contributed by atoms with van der Waals surface area (Å²) >= 11 is 5.67. The van der Waals surface area contributed by atoms with Crippen molar-refractivity contribution in [2.24, 2.45) is 5.92 Å². The van der Waals surface area contributed by atoms with Crippen molar-refractivity contribution in [2.45, 2.75) is 39.4 Å². The number of halogens is 2. The van der Waals surface area contributed by atoms with Crippen LogP contribution >= 0.6 is 11.6 Å². The summed E-state index contributed by atoms with van der Waals surface area (Å²) in [6.45, 7) is 6.70. The monoisotopic (exact) mass is 303 g/mol. The average Bonchev–Trinajstić information content (AvgIpc) is 2.34. The first-order valence-electron chi connectivity index (χ1n) is 6.87. The molecule has 0 fully saturated rings. The van der Waals surface area contributed by atoms with E-state index in [9.17, 15) is 9.50 Å². The molecule has 0 heterocycles. The maximum Gasteiger partial charge on any atom is 0.147 e. The number of ether oxygens (including phenoxy) is 1. The molecule has 0 bridgehead atoms. The van der Waals surface area contributed by atoms with E-state index >= 15 is 0 Å². The van der Waals surface area contributed by atoms with E-state index in [4.69, 9.17) is 16.3 Å². The summed E-state index contributed by atoms with van der Waals surface area (Å²) in [6.07, 6.45) is 0.378. The Morgan fingerprint density at radius 1 is 1.35 bits per heavy atom. The molecule has 0 saturated carbocycles. The quantitative estimate of drug-likeness (QED) is 0.769. The van der Waals surface area contributed by atoms with Crippen molar-refractivity contribution in [3.63, 3.8) is 0 Å². The number of hydrogen-bond donors (Lipinski definition) is 2. The van der Waals surface area contributed by atoms with Crippen LogP contribution in [0.5, 0.6) is 0 Å². The summed E-state index contributed by atoms with van der Waals surface area (Å²) in [4.78, 5) is 0. The molecule has 5 heteroatoms. The second kappa shape index (κ2) is 8.45. The van der Waals surface area contributed by atoms with Crippen LogP contribution in [0.25, 0.3) is 0 Å². The third-order valence-electron chi connectivity index (χ3n) is 2.84. The smallest absolute Gasteiger partial charge is 0.147 e. The van der Waals surface area contributed by atoms with Gasteiger partial charge in [-0.1, -0.05) is 25.4 Å². The Morgan fingerprint density at radius 2 is 2.05 bits per heavy atom. The number of aliphatic hydroxyl groups excluding tert-OH is 1. The molecule has 1 rings (SSSR count). The van der Waals surface area contributed by atoms with Crippen molar-refractivity contribution >= 4 is 17.3 Å². The molecule has 0 radical (unpaired) electrons. The van der Waals surface area contributed by atoms with Crippen molar-refractivity contribution in [1.29, 1.82) is 0 Å². The van der Waals surface area contributed by atoms with Gasteiger partial charge in [0.1, 0.15) is 5.82 Å². The fraction of sp³-hybridized carbons (Fsp3) is 0.600. The number of rotatable bonds is 8. The molecular formula is C15H23ClFNO2. The van der Waals surface area contributed by atoms with E-state index in [0.717, 1.165) is 6.42 Å². The number of hydrogen-bond acceptors (Lipinski definition) is 3. The SMILES string of the molecule is CC(C)CC(C)OCC(O)CNc1ccc(Cl)cc1F. The highest BCUT2D eigenvalue weighted by Crippen LogP contribution is 2.18. The summed E-state index contributed by atoms with van der Waals surface area (Å²) in [6, 6.07) is 4.38. The van der Waals surface area contributed by atoms with Crippen LogP contribution in [0.4, 0.5) is 10.1 Å². The zero-order valence-corrected chi connectivity index (χ0v) is 13.0. The summed E-state index contributed by atoms with van der Waals surface area (Å²) in [7, 11) is 0. The lowest BCUT2D eigenvalue weighted by atomic mass is 10.1. The molecule has 0 aliphatic rings. The molecule has 0 spiro atoms. The Kier molecular flexibility index (Phi) is 7.27. The Morgan fingerprint density at radius 3 is 2.65 bits per heavy atom. The van der Waals surface area contributed by atoms with E-state index in [2.05, 4.69) is 19.2 Å². The van der Waals surface area contributed by atoms with E-state index in [1.807, 2.05) is 6.92 Å². The number of anilines is 1. The first-order valence-corrected chi connectivity index (χ1v) is 7.25. The molecule has 0 aliphatic carbocycles. The normalized spacial score (nSPS) is 14.3. The highest BCUT2D eigenvalue weighted by atomic mass is 35.5. The van der Waals surface area contributed by atoms with E-state index in [1.54, 1.807) is 12.1 Å². The maximum atomic E-state index is 13.5. The van der Waals surface area contributed by atoms with Crippen LogP contribution in [0.15, 0.2) is 18.2 Å². The van der Waals surface area contributed by atoms with E-state index in [1.165, 1.54) is 6.07 Å². The van der Waals surface area contributed by atoms with Crippen LogP contribution < -0.4 is 5.32 Å². The van der Waals surface area contributed by atoms with Gasteiger partial charge in [0.2, 0.25) is 0 Å². The van der Waals surface area contributed by atoms with Gasteiger partial charge in [0, 0.05) is 11.6 Å². The van der Waals surface area contributed by atoms with Crippen LogP contribution in [0.1, 0.15) is 27.2 Å². The topological polar surface area (TPSA) is 41.5 Å². The molecule has 0 saturated heterocycles. The van der Waals surface area contributed by atoms with Gasteiger partial charge in [0.15, 0.2) is 0 Å². The Labute approximate surface area is 125 Å². The van der Waals surface area contributed by atoms with Crippen molar-refractivity contribution < 1.29 is 14.2 Å². The van der Waals surface area contributed by atoms with Gasteiger partial charge in [-0.15, -0.1) is 0 Å². The highest BCUT2D eigenvalue weighted by Gasteiger charge is 2.10. The van der Waals surface area contributed by atoms with Gasteiger partial charge < -0.3 is 15.2 Å². The van der Waals surface area contributed by atoms with Crippen LogP contribution in [-0.4, -0.2) is 30.5 Å². The van der Waals surface area contributed by atoms with Crippen LogP contribution in [-0.2, 0) is 4.74 Å². The molecular weight excluding hydrogens is 281 g/mol. The first-order chi connectivity index (χ1) is 9.38. The van der Waals surface area contributed by atoms with Crippen LogP contribution in [0, 0.1) is 11.7 Å². The molecule has 20 heavy (non-hydrogen) atoms. The van der Waals surface area contributed by atoms with Crippen molar-refractivity contribution in [3.8, 4) is 0 Å². The molecule has 2 unspecified atom stereocenters. The summed E-state index contributed by atoms with van der Waals surface area (Å²) in [5.41, 5.74) is 0.323. The summed E-state index contributed by atoms with van der Waals surface area (Å²) in [5.74, 6) is 0.127. The van der Waals surface area contributed by atoms with Gasteiger partial charge in [-0.25, -0.2) is 4.39 Å². The van der Waals surface area contributed by atoms with Gasteiger partial charge >= 0.3 is 0 Å². The molecule has 0 aromatic heterocycles. The molecule has 2 N–H and O–H groups in total. The van der Waals surface area contributed by atoms with Gasteiger partial charge in [-0.2, -0.15) is 0 Å². The standard InChI is InChI=1S/C15H23ClFNO2/c1-10(2)6-11(3)20-9-13(19)8-18-15-5-4-12(16)7-14(15)17/h4-5,7,10-11,13,18-19H,6,8-9H2,1-3H3. The van der Waals surface area contributed by atoms with Gasteiger partial charge in [-0.05, 0) is 37.5 Å². The third-order valence-corrected chi connectivity index (χ3v) is 3.07. The Balaban J connectivity index is 2.30. The van der Waals surface area contributed by atoms with Gasteiger partial charge in [0.25, 0.3) is 0 Å². The molecule has 0 aliphatic heterocycles. The van der Waals surface area contributed by atoms with E-state index < -0.39 is 11.9 Å². The van der Waals surface area contributed by atoms with Crippen LogP contribution in [0.3, 0.4) is 0 Å². The third kappa shape index (κ3) is 6.55. The zero-order valence-electron chi connectivity index (χ0n) is 12.2. The van der Waals surface area contributed by atoms with Crippen molar-refractivity contribution in [1.82, 2.24) is 0 Å². The predicted molar refractivity (Wildman–Crippen MR) is 80.8 cm³/mol. The molecule has 1 aromatic carbocycles.